The Labute approximate surface area is 175 Å². The first-order valence-electron chi connectivity index (χ1n) is 9.13. The van der Waals surface area contributed by atoms with Crippen LogP contribution in [0.5, 0.6) is 11.5 Å². The number of carbonyl (C=O) groups is 1. The fourth-order valence-electron chi connectivity index (χ4n) is 3.20. The molecule has 30 heavy (non-hydrogen) atoms. The Hall–Kier alpha value is -3.52. The SMILES string of the molecule is Cc1cc(C)c(S(=O)(=O)Oc2ccc(NC(=O)Nc3cccc(O)c3)cc2)c(C)c1. The second-order valence-corrected chi connectivity index (χ2v) is 8.40. The molecule has 0 radical (unpaired) electrons. The molecule has 156 valence electrons. The van der Waals surface area contributed by atoms with Crippen molar-refractivity contribution in [3.63, 3.8) is 0 Å². The summed E-state index contributed by atoms with van der Waals surface area (Å²) >= 11 is 0. The van der Waals surface area contributed by atoms with Crippen molar-refractivity contribution < 1.29 is 22.5 Å². The van der Waals surface area contributed by atoms with Crippen molar-refractivity contribution in [3.8, 4) is 11.5 Å². The zero-order valence-corrected chi connectivity index (χ0v) is 17.6. The van der Waals surface area contributed by atoms with Crippen LogP contribution >= 0.6 is 0 Å². The number of hydrogen-bond donors (Lipinski definition) is 3. The van der Waals surface area contributed by atoms with Crippen molar-refractivity contribution in [2.45, 2.75) is 25.7 Å². The number of benzene rings is 3. The molecule has 3 N–H and O–H groups in total. The van der Waals surface area contributed by atoms with Gasteiger partial charge < -0.3 is 19.9 Å². The lowest BCUT2D eigenvalue weighted by molar-refractivity contribution is 0.262. The van der Waals surface area contributed by atoms with Crippen LogP contribution in [0.3, 0.4) is 0 Å². The van der Waals surface area contributed by atoms with E-state index in [9.17, 15) is 18.3 Å². The Morgan fingerprint density at radius 3 is 2.07 bits per heavy atom. The van der Waals surface area contributed by atoms with Crippen molar-refractivity contribution >= 4 is 27.5 Å². The van der Waals surface area contributed by atoms with E-state index in [0.29, 0.717) is 22.5 Å². The Balaban J connectivity index is 1.69. The zero-order chi connectivity index (χ0) is 21.9. The van der Waals surface area contributed by atoms with E-state index in [0.717, 1.165) is 5.56 Å². The van der Waals surface area contributed by atoms with Gasteiger partial charge in [-0.1, -0.05) is 23.8 Å². The predicted molar refractivity (Wildman–Crippen MR) is 116 cm³/mol. The first kappa shape index (κ1) is 21.2. The van der Waals surface area contributed by atoms with Crippen LogP contribution in [0, 0.1) is 20.8 Å². The van der Waals surface area contributed by atoms with Gasteiger partial charge in [0.2, 0.25) is 0 Å². The lowest BCUT2D eigenvalue weighted by atomic mass is 10.1. The van der Waals surface area contributed by atoms with Crippen molar-refractivity contribution in [3.05, 3.63) is 77.4 Å². The van der Waals surface area contributed by atoms with E-state index in [1.54, 1.807) is 38.1 Å². The van der Waals surface area contributed by atoms with Crippen LogP contribution < -0.4 is 14.8 Å². The highest BCUT2D eigenvalue weighted by molar-refractivity contribution is 7.87. The van der Waals surface area contributed by atoms with Crippen molar-refractivity contribution in [2.24, 2.45) is 0 Å². The van der Waals surface area contributed by atoms with Gasteiger partial charge >= 0.3 is 16.1 Å². The summed E-state index contributed by atoms with van der Waals surface area (Å²) in [5, 5.41) is 14.6. The third-order valence-corrected chi connectivity index (χ3v) is 5.83. The molecule has 0 saturated heterocycles. The normalized spacial score (nSPS) is 11.0. The number of carbonyl (C=O) groups excluding carboxylic acids is 1. The average molecular weight is 426 g/mol. The lowest BCUT2D eigenvalue weighted by Crippen LogP contribution is -2.19. The number of nitrogens with one attached hydrogen (secondary N) is 2. The van der Waals surface area contributed by atoms with E-state index in [1.165, 1.54) is 36.4 Å². The summed E-state index contributed by atoms with van der Waals surface area (Å²) in [4.78, 5) is 12.2. The van der Waals surface area contributed by atoms with Gasteiger partial charge in [0.05, 0.1) is 0 Å². The van der Waals surface area contributed by atoms with Gasteiger partial charge in [0.25, 0.3) is 0 Å². The number of phenolic OH excluding ortho intramolecular Hbond substituents is 1. The number of amides is 2. The number of phenols is 1. The summed E-state index contributed by atoms with van der Waals surface area (Å²) in [6, 6.07) is 15.2. The third kappa shape index (κ3) is 5.09. The molecular weight excluding hydrogens is 404 g/mol. The lowest BCUT2D eigenvalue weighted by Gasteiger charge is -2.13. The molecule has 3 rings (SSSR count). The van der Waals surface area contributed by atoms with E-state index < -0.39 is 16.1 Å². The first-order chi connectivity index (χ1) is 14.1. The molecule has 0 saturated carbocycles. The van der Waals surface area contributed by atoms with Crippen LogP contribution in [-0.4, -0.2) is 19.6 Å². The monoisotopic (exact) mass is 426 g/mol. The minimum atomic E-state index is -4.00. The number of anilines is 2. The maximum atomic E-state index is 12.7. The summed E-state index contributed by atoms with van der Waals surface area (Å²) < 4.78 is 30.7. The molecule has 0 aliphatic heterocycles. The number of aromatic hydroxyl groups is 1. The fraction of sp³-hybridized carbons (Fsp3) is 0.136. The quantitative estimate of drug-likeness (QED) is 0.512. The number of hydrogen-bond acceptors (Lipinski definition) is 5. The van der Waals surface area contributed by atoms with Gasteiger partial charge in [-0.05, 0) is 68.3 Å². The molecule has 0 aliphatic carbocycles. The minimum absolute atomic E-state index is 0.0366. The van der Waals surface area contributed by atoms with E-state index in [-0.39, 0.29) is 16.4 Å². The van der Waals surface area contributed by atoms with Crippen LogP contribution in [0.4, 0.5) is 16.2 Å². The van der Waals surface area contributed by atoms with Crippen LogP contribution in [0.25, 0.3) is 0 Å². The van der Waals surface area contributed by atoms with Gasteiger partial charge in [-0.25, -0.2) is 4.79 Å². The van der Waals surface area contributed by atoms with Crippen molar-refractivity contribution in [2.75, 3.05) is 10.6 Å². The van der Waals surface area contributed by atoms with Crippen molar-refractivity contribution in [1.82, 2.24) is 0 Å². The van der Waals surface area contributed by atoms with Crippen LogP contribution in [0.2, 0.25) is 0 Å². The Morgan fingerprint density at radius 2 is 1.47 bits per heavy atom. The molecule has 3 aromatic carbocycles. The largest absolute Gasteiger partial charge is 0.508 e. The smallest absolute Gasteiger partial charge is 0.339 e. The number of rotatable bonds is 5. The molecule has 3 aromatic rings. The Bertz CT molecular complexity index is 1170. The summed E-state index contributed by atoms with van der Waals surface area (Å²) in [5.41, 5.74) is 3.09. The van der Waals surface area contributed by atoms with Crippen molar-refractivity contribution in [1.29, 1.82) is 0 Å². The van der Waals surface area contributed by atoms with Gasteiger partial charge in [-0.3, -0.25) is 0 Å². The van der Waals surface area contributed by atoms with Gasteiger partial charge in [-0.2, -0.15) is 8.42 Å². The molecule has 2 amide bonds. The predicted octanol–water partition coefficient (Wildman–Crippen LogP) is 4.73. The number of urea groups is 1. The van der Waals surface area contributed by atoms with Gasteiger partial charge in [0.1, 0.15) is 16.4 Å². The van der Waals surface area contributed by atoms with Gasteiger partial charge in [0.15, 0.2) is 0 Å². The topological polar surface area (TPSA) is 105 Å². The standard InChI is InChI=1S/C22H22N2O5S/c1-14-11-15(2)21(16(3)12-14)30(27,28)29-20-9-7-17(8-10-20)23-22(26)24-18-5-4-6-19(25)13-18/h4-13,25H,1-3H3,(H2,23,24,26). The van der Waals surface area contributed by atoms with Crippen LogP contribution in [0.1, 0.15) is 16.7 Å². The second-order valence-electron chi connectivity index (χ2n) is 6.92. The molecule has 0 aromatic heterocycles. The molecule has 0 bridgehead atoms. The molecule has 0 spiro atoms. The van der Waals surface area contributed by atoms with E-state index >= 15 is 0 Å². The zero-order valence-electron chi connectivity index (χ0n) is 16.8. The van der Waals surface area contributed by atoms with Gasteiger partial charge in [0, 0.05) is 17.4 Å². The average Bonchev–Trinajstić information content (AvgIpc) is 2.62. The minimum Gasteiger partial charge on any atom is -0.508 e. The Kier molecular flexibility index (Phi) is 5.98. The Morgan fingerprint density at radius 1 is 0.867 bits per heavy atom. The fourth-order valence-corrected chi connectivity index (χ4v) is 4.55. The highest BCUT2D eigenvalue weighted by Crippen LogP contribution is 2.26. The van der Waals surface area contributed by atoms with E-state index in [4.69, 9.17) is 4.18 Å². The van der Waals surface area contributed by atoms with E-state index in [1.807, 2.05) is 6.92 Å². The highest BCUT2D eigenvalue weighted by Gasteiger charge is 2.22. The molecule has 0 aliphatic rings. The summed E-state index contributed by atoms with van der Waals surface area (Å²) in [7, 11) is -4.00. The summed E-state index contributed by atoms with van der Waals surface area (Å²) in [6.45, 7) is 5.36. The molecule has 0 heterocycles. The first-order valence-corrected chi connectivity index (χ1v) is 10.5. The third-order valence-electron chi connectivity index (χ3n) is 4.28. The highest BCUT2D eigenvalue weighted by atomic mass is 32.2. The second kappa shape index (κ2) is 8.46. The molecular formula is C22H22N2O5S. The summed E-state index contributed by atoms with van der Waals surface area (Å²) in [6.07, 6.45) is 0. The van der Waals surface area contributed by atoms with Gasteiger partial charge in [-0.15, -0.1) is 0 Å². The maximum absolute atomic E-state index is 12.7. The molecule has 0 unspecified atom stereocenters. The van der Waals surface area contributed by atoms with Crippen LogP contribution in [0.15, 0.2) is 65.6 Å². The molecule has 7 nitrogen and oxygen atoms in total. The van der Waals surface area contributed by atoms with Crippen LogP contribution in [-0.2, 0) is 10.1 Å². The molecule has 0 atom stereocenters. The number of aryl methyl sites for hydroxylation is 3. The van der Waals surface area contributed by atoms with E-state index in [2.05, 4.69) is 10.6 Å². The molecule has 0 fully saturated rings. The maximum Gasteiger partial charge on any atom is 0.339 e. The summed E-state index contributed by atoms with van der Waals surface area (Å²) in [5.74, 6) is 0.169. The molecule has 8 heteroatoms.